The van der Waals surface area contributed by atoms with Gasteiger partial charge in [-0.25, -0.2) is 10.0 Å². The maximum Gasteiger partial charge on any atom is 0.134 e. The maximum atomic E-state index is 4.01. The SMILES string of the molecule is C=C(/N=C\C)N(C)N(C)C. The smallest absolute Gasteiger partial charge is 0.134 e. The number of aliphatic imine (C=N–C) groups is 1. The summed E-state index contributed by atoms with van der Waals surface area (Å²) in [6.45, 7) is 5.62. The average Bonchev–Trinajstić information content (AvgIpc) is 1.87. The molecule has 0 aliphatic heterocycles. The van der Waals surface area contributed by atoms with Crippen LogP contribution >= 0.6 is 0 Å². The number of nitrogens with zero attached hydrogens (tertiary/aromatic N) is 3. The molecule has 0 saturated carbocycles. The quantitative estimate of drug-likeness (QED) is 0.430. The van der Waals surface area contributed by atoms with Crippen molar-refractivity contribution in [2.75, 3.05) is 21.1 Å². The molecule has 0 heterocycles. The molecule has 0 aliphatic rings. The van der Waals surface area contributed by atoms with Gasteiger partial charge < -0.3 is 0 Å². The second-order valence-corrected chi connectivity index (χ2v) is 2.17. The van der Waals surface area contributed by atoms with Crippen LogP contribution < -0.4 is 0 Å². The van der Waals surface area contributed by atoms with Crippen molar-refractivity contribution in [2.45, 2.75) is 6.92 Å². The summed E-state index contributed by atoms with van der Waals surface area (Å²) in [7, 11) is 5.79. The summed E-state index contributed by atoms with van der Waals surface area (Å²) in [4.78, 5) is 4.01. The first kappa shape index (κ1) is 9.17. The van der Waals surface area contributed by atoms with Crippen LogP contribution in [0.4, 0.5) is 0 Å². The molecule has 10 heavy (non-hydrogen) atoms. The van der Waals surface area contributed by atoms with Gasteiger partial charge in [-0.1, -0.05) is 6.58 Å². The fraction of sp³-hybridized carbons (Fsp3) is 0.571. The molecule has 0 aromatic heterocycles. The predicted molar refractivity (Wildman–Crippen MR) is 44.8 cm³/mol. The average molecular weight is 141 g/mol. The van der Waals surface area contributed by atoms with Crippen LogP contribution in [0.5, 0.6) is 0 Å². The molecule has 0 atom stereocenters. The van der Waals surface area contributed by atoms with Crippen LogP contribution in [0.1, 0.15) is 6.92 Å². The molecule has 0 aromatic rings. The van der Waals surface area contributed by atoms with E-state index in [2.05, 4.69) is 11.6 Å². The molecule has 0 rings (SSSR count). The molecule has 58 valence electrons. The summed E-state index contributed by atoms with van der Waals surface area (Å²) in [5.41, 5.74) is 0. The normalized spacial score (nSPS) is 10.9. The molecule has 0 amide bonds. The Morgan fingerprint density at radius 3 is 2.20 bits per heavy atom. The summed E-state index contributed by atoms with van der Waals surface area (Å²) in [6.07, 6.45) is 1.72. The Bertz CT molecular complexity index is 138. The largest absolute Gasteiger partial charge is 0.294 e. The third kappa shape index (κ3) is 2.64. The first-order valence-electron chi connectivity index (χ1n) is 3.18. The van der Waals surface area contributed by atoms with Crippen molar-refractivity contribution in [1.29, 1.82) is 0 Å². The van der Waals surface area contributed by atoms with E-state index in [9.17, 15) is 0 Å². The first-order chi connectivity index (χ1) is 4.59. The van der Waals surface area contributed by atoms with Gasteiger partial charge in [0.05, 0.1) is 0 Å². The van der Waals surface area contributed by atoms with Crippen molar-refractivity contribution >= 4 is 6.21 Å². The van der Waals surface area contributed by atoms with E-state index in [1.54, 1.807) is 6.21 Å². The fourth-order valence-electron chi connectivity index (χ4n) is 0.463. The zero-order valence-electron chi connectivity index (χ0n) is 7.13. The second-order valence-electron chi connectivity index (χ2n) is 2.17. The minimum Gasteiger partial charge on any atom is -0.294 e. The maximum absolute atomic E-state index is 4.01. The highest BCUT2D eigenvalue weighted by Gasteiger charge is 1.99. The van der Waals surface area contributed by atoms with Gasteiger partial charge in [0, 0.05) is 27.4 Å². The first-order valence-corrected chi connectivity index (χ1v) is 3.18. The van der Waals surface area contributed by atoms with Crippen LogP contribution in [0, 0.1) is 0 Å². The molecule has 0 saturated heterocycles. The van der Waals surface area contributed by atoms with Crippen molar-refractivity contribution in [3.05, 3.63) is 12.4 Å². The lowest BCUT2D eigenvalue weighted by atomic mass is 10.7. The Labute approximate surface area is 62.6 Å². The molecule has 3 heteroatoms. The zero-order chi connectivity index (χ0) is 8.15. The Morgan fingerprint density at radius 2 is 1.90 bits per heavy atom. The molecule has 0 spiro atoms. The predicted octanol–water partition coefficient (Wildman–Crippen LogP) is 0.957. The van der Waals surface area contributed by atoms with Gasteiger partial charge in [-0.3, -0.25) is 5.01 Å². The zero-order valence-corrected chi connectivity index (χ0v) is 7.13. The van der Waals surface area contributed by atoms with E-state index in [4.69, 9.17) is 0 Å². The summed E-state index contributed by atoms with van der Waals surface area (Å²) in [5.74, 6) is 0.743. The second kappa shape index (κ2) is 4.06. The fourth-order valence-corrected chi connectivity index (χ4v) is 0.463. The summed E-state index contributed by atoms with van der Waals surface area (Å²) >= 11 is 0. The molecule has 0 radical (unpaired) electrons. The van der Waals surface area contributed by atoms with E-state index >= 15 is 0 Å². The molecule has 0 aliphatic carbocycles. The van der Waals surface area contributed by atoms with Gasteiger partial charge >= 0.3 is 0 Å². The highest BCUT2D eigenvalue weighted by Crippen LogP contribution is 1.99. The van der Waals surface area contributed by atoms with Gasteiger partial charge in [-0.05, 0) is 6.92 Å². The van der Waals surface area contributed by atoms with Gasteiger partial charge in [0.25, 0.3) is 0 Å². The molecular weight excluding hydrogens is 126 g/mol. The highest BCUT2D eigenvalue weighted by molar-refractivity contribution is 5.54. The topological polar surface area (TPSA) is 18.8 Å². The number of hydrazine groups is 1. The minimum atomic E-state index is 0.743. The lowest BCUT2D eigenvalue weighted by molar-refractivity contribution is 0.0979. The summed E-state index contributed by atoms with van der Waals surface area (Å²) < 4.78 is 0. The molecule has 0 aromatic carbocycles. The van der Waals surface area contributed by atoms with Gasteiger partial charge in [0.1, 0.15) is 5.82 Å². The van der Waals surface area contributed by atoms with Crippen LogP contribution in [0.2, 0.25) is 0 Å². The molecule has 3 nitrogen and oxygen atoms in total. The van der Waals surface area contributed by atoms with E-state index in [1.165, 1.54) is 0 Å². The number of hydrogen-bond donors (Lipinski definition) is 0. The van der Waals surface area contributed by atoms with Crippen molar-refractivity contribution in [3.8, 4) is 0 Å². The number of rotatable bonds is 3. The van der Waals surface area contributed by atoms with E-state index in [0.29, 0.717) is 0 Å². The van der Waals surface area contributed by atoms with Gasteiger partial charge in [0.15, 0.2) is 0 Å². The standard InChI is InChI=1S/C7H15N3/c1-6-8-7(2)10(5)9(3)4/h6H,2H2,1,3-5H3/b8-6-. The Balaban J connectivity index is 3.95. The van der Waals surface area contributed by atoms with Gasteiger partial charge in [-0.2, -0.15) is 0 Å². The molecule has 0 unspecified atom stereocenters. The van der Waals surface area contributed by atoms with Crippen molar-refractivity contribution in [1.82, 2.24) is 10.0 Å². The lowest BCUT2D eigenvalue weighted by Crippen LogP contribution is -2.31. The van der Waals surface area contributed by atoms with Gasteiger partial charge in [-0.15, -0.1) is 0 Å². The summed E-state index contributed by atoms with van der Waals surface area (Å²) in [6, 6.07) is 0. The molecular formula is C7H15N3. The third-order valence-electron chi connectivity index (χ3n) is 1.25. The van der Waals surface area contributed by atoms with Crippen LogP contribution in [0.15, 0.2) is 17.4 Å². The Morgan fingerprint density at radius 1 is 1.40 bits per heavy atom. The van der Waals surface area contributed by atoms with Crippen LogP contribution in [-0.2, 0) is 0 Å². The highest BCUT2D eigenvalue weighted by atomic mass is 15.6. The van der Waals surface area contributed by atoms with E-state index in [0.717, 1.165) is 5.82 Å². The van der Waals surface area contributed by atoms with Crippen LogP contribution in [-0.4, -0.2) is 37.4 Å². The van der Waals surface area contributed by atoms with E-state index in [1.807, 2.05) is 38.1 Å². The summed E-state index contributed by atoms with van der Waals surface area (Å²) in [5, 5.41) is 3.77. The van der Waals surface area contributed by atoms with Crippen molar-refractivity contribution < 1.29 is 0 Å². The molecule has 0 N–H and O–H groups in total. The monoisotopic (exact) mass is 141 g/mol. The van der Waals surface area contributed by atoms with Crippen molar-refractivity contribution in [2.24, 2.45) is 4.99 Å². The van der Waals surface area contributed by atoms with Crippen LogP contribution in [0.25, 0.3) is 0 Å². The van der Waals surface area contributed by atoms with Gasteiger partial charge in [0.2, 0.25) is 0 Å². The minimum absolute atomic E-state index is 0.743. The van der Waals surface area contributed by atoms with E-state index < -0.39 is 0 Å². The van der Waals surface area contributed by atoms with Crippen LogP contribution in [0.3, 0.4) is 0 Å². The number of hydrogen-bond acceptors (Lipinski definition) is 3. The van der Waals surface area contributed by atoms with E-state index in [-0.39, 0.29) is 0 Å². The lowest BCUT2D eigenvalue weighted by Gasteiger charge is -2.25. The molecule has 0 bridgehead atoms. The third-order valence-corrected chi connectivity index (χ3v) is 1.25. The Kier molecular flexibility index (Phi) is 3.72. The van der Waals surface area contributed by atoms with Crippen molar-refractivity contribution in [3.63, 3.8) is 0 Å². The molecule has 0 fully saturated rings. The Hall–Kier alpha value is -0.830.